The zero-order chi connectivity index (χ0) is 13.8. The van der Waals surface area contributed by atoms with Crippen LogP contribution >= 0.6 is 11.6 Å². The molecule has 19 heavy (non-hydrogen) atoms. The molecular weight excluding hydrogens is 265 g/mol. The predicted molar refractivity (Wildman–Crippen MR) is 75.1 cm³/mol. The van der Waals surface area contributed by atoms with Gasteiger partial charge in [-0.15, -0.1) is 11.6 Å². The molecule has 1 aromatic rings. The standard InChI is InChI=1S/C15H19ClFNO/c1-10-2-7-14(17)13(8-10)15(19)18-12-5-3-11(9-16)4-6-12/h2,7-8,11-12H,3-6,9H2,1H3,(H,18,19). The first-order valence-corrected chi connectivity index (χ1v) is 7.26. The first-order chi connectivity index (χ1) is 9.10. The molecule has 1 saturated carbocycles. The van der Waals surface area contributed by atoms with E-state index in [2.05, 4.69) is 5.32 Å². The molecule has 1 fully saturated rings. The van der Waals surface area contributed by atoms with Crippen LogP contribution in [0.4, 0.5) is 4.39 Å². The average Bonchev–Trinajstić information content (AvgIpc) is 2.42. The molecule has 0 aromatic heterocycles. The lowest BCUT2D eigenvalue weighted by molar-refractivity contribution is 0.0919. The summed E-state index contributed by atoms with van der Waals surface area (Å²) in [5, 5.41) is 2.93. The zero-order valence-electron chi connectivity index (χ0n) is 11.1. The molecule has 104 valence electrons. The van der Waals surface area contributed by atoms with E-state index < -0.39 is 5.82 Å². The Morgan fingerprint density at radius 3 is 2.68 bits per heavy atom. The maximum Gasteiger partial charge on any atom is 0.254 e. The Kier molecular flexibility index (Phi) is 4.81. The van der Waals surface area contributed by atoms with Crippen LogP contribution in [0.25, 0.3) is 0 Å². The number of benzene rings is 1. The number of aryl methyl sites for hydroxylation is 1. The second-order valence-electron chi connectivity index (χ2n) is 5.33. The summed E-state index contributed by atoms with van der Waals surface area (Å²) in [4.78, 5) is 12.1. The van der Waals surface area contributed by atoms with Gasteiger partial charge < -0.3 is 5.32 Å². The third-order valence-electron chi connectivity index (χ3n) is 3.77. The van der Waals surface area contributed by atoms with Gasteiger partial charge in [0.25, 0.3) is 5.91 Å². The van der Waals surface area contributed by atoms with Crippen molar-refractivity contribution in [1.82, 2.24) is 5.32 Å². The molecule has 2 nitrogen and oxygen atoms in total. The number of amides is 1. The summed E-state index contributed by atoms with van der Waals surface area (Å²) >= 11 is 5.83. The number of alkyl halides is 1. The highest BCUT2D eigenvalue weighted by Gasteiger charge is 2.23. The van der Waals surface area contributed by atoms with Crippen LogP contribution in [0.5, 0.6) is 0 Å². The van der Waals surface area contributed by atoms with E-state index in [4.69, 9.17) is 11.6 Å². The smallest absolute Gasteiger partial charge is 0.254 e. The van der Waals surface area contributed by atoms with Crippen LogP contribution in [-0.4, -0.2) is 17.8 Å². The van der Waals surface area contributed by atoms with E-state index in [0.29, 0.717) is 11.8 Å². The van der Waals surface area contributed by atoms with E-state index in [9.17, 15) is 9.18 Å². The van der Waals surface area contributed by atoms with Crippen molar-refractivity contribution in [1.29, 1.82) is 0 Å². The minimum atomic E-state index is -0.461. The number of nitrogens with one attached hydrogen (secondary N) is 1. The van der Waals surface area contributed by atoms with E-state index in [1.807, 2.05) is 6.92 Å². The van der Waals surface area contributed by atoms with Gasteiger partial charge in [-0.25, -0.2) is 4.39 Å². The number of carbonyl (C=O) groups is 1. The molecule has 0 spiro atoms. The highest BCUT2D eigenvalue weighted by molar-refractivity contribution is 6.18. The second kappa shape index (κ2) is 6.38. The maximum atomic E-state index is 13.6. The molecule has 0 aliphatic heterocycles. The van der Waals surface area contributed by atoms with E-state index in [-0.39, 0.29) is 17.5 Å². The summed E-state index contributed by atoms with van der Waals surface area (Å²) in [6.07, 6.45) is 3.92. The van der Waals surface area contributed by atoms with E-state index in [0.717, 1.165) is 31.2 Å². The fourth-order valence-electron chi connectivity index (χ4n) is 2.54. The number of carbonyl (C=O) groups excluding carboxylic acids is 1. The number of rotatable bonds is 3. The van der Waals surface area contributed by atoms with Crippen molar-refractivity contribution >= 4 is 17.5 Å². The van der Waals surface area contributed by atoms with Crippen LogP contribution in [0.1, 0.15) is 41.6 Å². The molecule has 0 unspecified atom stereocenters. The average molecular weight is 284 g/mol. The van der Waals surface area contributed by atoms with Gasteiger partial charge in [-0.1, -0.05) is 11.6 Å². The second-order valence-corrected chi connectivity index (χ2v) is 5.64. The van der Waals surface area contributed by atoms with E-state index in [1.54, 1.807) is 12.1 Å². The molecule has 0 bridgehead atoms. The minimum absolute atomic E-state index is 0.138. The van der Waals surface area contributed by atoms with Crippen molar-refractivity contribution in [2.24, 2.45) is 5.92 Å². The first kappa shape index (κ1) is 14.3. The third-order valence-corrected chi connectivity index (χ3v) is 4.20. The molecule has 2 rings (SSSR count). The van der Waals surface area contributed by atoms with E-state index in [1.165, 1.54) is 6.07 Å². The van der Waals surface area contributed by atoms with Gasteiger partial charge in [0.1, 0.15) is 5.82 Å². The van der Waals surface area contributed by atoms with Crippen molar-refractivity contribution in [3.8, 4) is 0 Å². The Balaban J connectivity index is 1.96. The van der Waals surface area contributed by atoms with Gasteiger partial charge in [0.05, 0.1) is 5.56 Å². The fourth-order valence-corrected chi connectivity index (χ4v) is 2.85. The molecular formula is C15H19ClFNO. The molecule has 1 aliphatic carbocycles. The van der Waals surface area contributed by atoms with Crippen LogP contribution in [0, 0.1) is 18.7 Å². The van der Waals surface area contributed by atoms with Gasteiger partial charge in [-0.2, -0.15) is 0 Å². The lowest BCUT2D eigenvalue weighted by atomic mass is 9.87. The van der Waals surface area contributed by atoms with Crippen LogP contribution in [0.3, 0.4) is 0 Å². The van der Waals surface area contributed by atoms with Crippen molar-refractivity contribution in [2.75, 3.05) is 5.88 Å². The Hall–Kier alpha value is -1.09. The first-order valence-electron chi connectivity index (χ1n) is 6.73. The van der Waals surface area contributed by atoms with Crippen LogP contribution in [-0.2, 0) is 0 Å². The van der Waals surface area contributed by atoms with Crippen molar-refractivity contribution in [3.05, 3.63) is 35.1 Å². The fraction of sp³-hybridized carbons (Fsp3) is 0.533. The van der Waals surface area contributed by atoms with Crippen molar-refractivity contribution < 1.29 is 9.18 Å². The molecule has 4 heteroatoms. The molecule has 1 aliphatic rings. The highest BCUT2D eigenvalue weighted by atomic mass is 35.5. The van der Waals surface area contributed by atoms with Crippen LogP contribution < -0.4 is 5.32 Å². The van der Waals surface area contributed by atoms with Crippen molar-refractivity contribution in [3.63, 3.8) is 0 Å². The Bertz CT molecular complexity index is 455. The lowest BCUT2D eigenvalue weighted by Gasteiger charge is -2.28. The number of halogens is 2. The van der Waals surface area contributed by atoms with Gasteiger partial charge >= 0.3 is 0 Å². The quantitative estimate of drug-likeness (QED) is 0.843. The summed E-state index contributed by atoms with van der Waals surface area (Å²) in [6, 6.07) is 4.74. The molecule has 1 aromatic carbocycles. The predicted octanol–water partition coefficient (Wildman–Crippen LogP) is 3.66. The summed E-state index contributed by atoms with van der Waals surface area (Å²) in [5.74, 6) is 0.478. The van der Waals surface area contributed by atoms with Crippen LogP contribution in [0.2, 0.25) is 0 Å². The summed E-state index contributed by atoms with van der Waals surface area (Å²) in [7, 11) is 0. The van der Waals surface area contributed by atoms with Gasteiger partial charge in [0.15, 0.2) is 0 Å². The molecule has 0 atom stereocenters. The molecule has 0 saturated heterocycles. The summed E-state index contributed by atoms with van der Waals surface area (Å²) in [6.45, 7) is 1.85. The largest absolute Gasteiger partial charge is 0.349 e. The Morgan fingerprint density at radius 2 is 2.05 bits per heavy atom. The van der Waals surface area contributed by atoms with Crippen LogP contribution in [0.15, 0.2) is 18.2 Å². The Morgan fingerprint density at radius 1 is 1.37 bits per heavy atom. The molecule has 0 heterocycles. The summed E-state index contributed by atoms with van der Waals surface area (Å²) in [5.41, 5.74) is 1.02. The highest BCUT2D eigenvalue weighted by Crippen LogP contribution is 2.25. The van der Waals surface area contributed by atoms with Gasteiger partial charge in [0, 0.05) is 11.9 Å². The maximum absolute atomic E-state index is 13.6. The van der Waals surface area contributed by atoms with Gasteiger partial charge in [0.2, 0.25) is 0 Å². The minimum Gasteiger partial charge on any atom is -0.349 e. The third kappa shape index (κ3) is 3.69. The summed E-state index contributed by atoms with van der Waals surface area (Å²) < 4.78 is 13.6. The normalized spacial score (nSPS) is 23.1. The molecule has 1 amide bonds. The van der Waals surface area contributed by atoms with Crippen molar-refractivity contribution in [2.45, 2.75) is 38.6 Å². The monoisotopic (exact) mass is 283 g/mol. The topological polar surface area (TPSA) is 29.1 Å². The van der Waals surface area contributed by atoms with Gasteiger partial charge in [-0.05, 0) is 50.7 Å². The molecule has 1 N–H and O–H groups in total. The lowest BCUT2D eigenvalue weighted by Crippen LogP contribution is -2.38. The SMILES string of the molecule is Cc1ccc(F)c(C(=O)NC2CCC(CCl)CC2)c1. The number of hydrogen-bond acceptors (Lipinski definition) is 1. The van der Waals surface area contributed by atoms with Gasteiger partial charge in [-0.3, -0.25) is 4.79 Å². The van der Waals surface area contributed by atoms with E-state index >= 15 is 0 Å². The zero-order valence-corrected chi connectivity index (χ0v) is 11.8. The number of hydrogen-bond donors (Lipinski definition) is 1. The Labute approximate surface area is 118 Å². The molecule has 0 radical (unpaired) electrons.